The molecule has 0 saturated carbocycles. The van der Waals surface area contributed by atoms with Gasteiger partial charge in [0.25, 0.3) is 0 Å². The van der Waals surface area contributed by atoms with Crippen LogP contribution in [0.5, 0.6) is 0 Å². The van der Waals surface area contributed by atoms with Crippen LogP contribution in [-0.4, -0.2) is 20.8 Å². The number of hydrogen-bond donors (Lipinski definition) is 2. The molecule has 0 atom stereocenters. The van der Waals surface area contributed by atoms with Crippen molar-refractivity contribution in [2.24, 2.45) is 17.9 Å². The molecule has 5 nitrogen and oxygen atoms in total. The first-order valence-corrected chi connectivity index (χ1v) is 3.66. The molecule has 3 N–H and O–H groups in total. The topological polar surface area (TPSA) is 76.4 Å². The van der Waals surface area contributed by atoms with Crippen LogP contribution in [0.3, 0.4) is 0 Å². The predicted molar refractivity (Wildman–Crippen MR) is 44.9 cm³/mol. The number of aryl methyl sites for hydroxylation is 2. The van der Waals surface area contributed by atoms with E-state index in [0.29, 0.717) is 6.42 Å². The summed E-state index contributed by atoms with van der Waals surface area (Å²) in [6.45, 7) is 0. The Morgan fingerprint density at radius 1 is 1.83 bits per heavy atom. The quantitative estimate of drug-likeness (QED) is 0.291. The maximum atomic E-state index is 8.26. The van der Waals surface area contributed by atoms with Crippen molar-refractivity contribution in [3.63, 3.8) is 0 Å². The van der Waals surface area contributed by atoms with Gasteiger partial charge in [-0.3, -0.25) is 4.68 Å². The van der Waals surface area contributed by atoms with Crippen molar-refractivity contribution in [1.82, 2.24) is 9.78 Å². The molecule has 0 radical (unpaired) electrons. The molecule has 66 valence electrons. The molecule has 12 heavy (non-hydrogen) atoms. The largest absolute Gasteiger partial charge is 0.409 e. The third kappa shape index (κ3) is 2.26. The molecular weight excluding hydrogens is 156 g/mol. The second kappa shape index (κ2) is 3.75. The summed E-state index contributed by atoms with van der Waals surface area (Å²) in [6, 6.07) is 0. The smallest absolute Gasteiger partial charge is 0.139 e. The first-order chi connectivity index (χ1) is 5.72. The molecule has 1 rings (SSSR count). The Hall–Kier alpha value is -1.52. The van der Waals surface area contributed by atoms with E-state index in [1.807, 2.05) is 13.2 Å². The predicted octanol–water partition coefficient (Wildman–Crippen LogP) is 0.0991. The molecule has 0 bridgehead atoms. The van der Waals surface area contributed by atoms with Gasteiger partial charge in [-0.15, -0.1) is 0 Å². The van der Waals surface area contributed by atoms with Crippen molar-refractivity contribution in [3.05, 3.63) is 18.0 Å². The molecule has 0 aliphatic heterocycles. The van der Waals surface area contributed by atoms with Gasteiger partial charge < -0.3 is 10.9 Å². The molecule has 0 unspecified atom stereocenters. The molecule has 1 aromatic heterocycles. The Labute approximate surface area is 70.5 Å². The third-order valence-electron chi connectivity index (χ3n) is 1.56. The van der Waals surface area contributed by atoms with Crippen molar-refractivity contribution in [2.45, 2.75) is 12.8 Å². The van der Waals surface area contributed by atoms with E-state index in [1.54, 1.807) is 10.9 Å². The Morgan fingerprint density at radius 3 is 3.08 bits per heavy atom. The molecule has 1 aromatic rings. The second-order valence-electron chi connectivity index (χ2n) is 2.61. The van der Waals surface area contributed by atoms with Crippen LogP contribution in [0, 0.1) is 0 Å². The van der Waals surface area contributed by atoms with Gasteiger partial charge in [-0.1, -0.05) is 5.16 Å². The lowest BCUT2D eigenvalue weighted by molar-refractivity contribution is 0.317. The van der Waals surface area contributed by atoms with E-state index in [0.717, 1.165) is 12.0 Å². The van der Waals surface area contributed by atoms with E-state index in [4.69, 9.17) is 10.9 Å². The van der Waals surface area contributed by atoms with Gasteiger partial charge in [-0.05, 0) is 12.0 Å². The Bertz CT molecular complexity index is 279. The highest BCUT2D eigenvalue weighted by atomic mass is 16.4. The van der Waals surface area contributed by atoms with Gasteiger partial charge in [-0.25, -0.2) is 0 Å². The molecule has 5 heteroatoms. The Kier molecular flexibility index (Phi) is 2.68. The van der Waals surface area contributed by atoms with Crippen LogP contribution in [0.25, 0.3) is 0 Å². The molecule has 0 fully saturated rings. The van der Waals surface area contributed by atoms with Crippen LogP contribution in [-0.2, 0) is 13.5 Å². The highest BCUT2D eigenvalue weighted by molar-refractivity contribution is 5.79. The fourth-order valence-corrected chi connectivity index (χ4v) is 0.923. The summed E-state index contributed by atoms with van der Waals surface area (Å²) >= 11 is 0. The average Bonchev–Trinajstić information content (AvgIpc) is 2.47. The fourth-order valence-electron chi connectivity index (χ4n) is 0.923. The molecule has 0 saturated heterocycles. The number of aromatic nitrogens is 2. The highest BCUT2D eigenvalue weighted by Gasteiger charge is 1.98. The van der Waals surface area contributed by atoms with Gasteiger partial charge >= 0.3 is 0 Å². The fraction of sp³-hybridized carbons (Fsp3) is 0.429. The lowest BCUT2D eigenvalue weighted by Gasteiger charge is -1.94. The normalized spacial score (nSPS) is 11.9. The van der Waals surface area contributed by atoms with Gasteiger partial charge in [0.15, 0.2) is 0 Å². The van der Waals surface area contributed by atoms with Gasteiger partial charge in [-0.2, -0.15) is 5.10 Å². The van der Waals surface area contributed by atoms with Crippen molar-refractivity contribution >= 4 is 5.84 Å². The van der Waals surface area contributed by atoms with Crippen molar-refractivity contribution in [3.8, 4) is 0 Å². The second-order valence-corrected chi connectivity index (χ2v) is 2.61. The van der Waals surface area contributed by atoms with E-state index in [-0.39, 0.29) is 5.84 Å². The summed E-state index contributed by atoms with van der Waals surface area (Å²) in [7, 11) is 1.85. The Balaban J connectivity index is 2.43. The number of nitrogens with zero attached hydrogens (tertiary/aromatic N) is 3. The maximum Gasteiger partial charge on any atom is 0.139 e. The molecular formula is C7H12N4O. The van der Waals surface area contributed by atoms with Crippen LogP contribution in [0.2, 0.25) is 0 Å². The zero-order valence-electron chi connectivity index (χ0n) is 6.94. The van der Waals surface area contributed by atoms with Crippen LogP contribution in [0.15, 0.2) is 17.5 Å². The van der Waals surface area contributed by atoms with Crippen LogP contribution < -0.4 is 5.73 Å². The van der Waals surface area contributed by atoms with Crippen molar-refractivity contribution < 1.29 is 5.21 Å². The number of amidine groups is 1. The zero-order valence-corrected chi connectivity index (χ0v) is 6.94. The summed E-state index contributed by atoms with van der Waals surface area (Å²) in [5, 5.41) is 15.1. The van der Waals surface area contributed by atoms with Crippen LogP contribution in [0.4, 0.5) is 0 Å². The van der Waals surface area contributed by atoms with Gasteiger partial charge in [0.2, 0.25) is 0 Å². The van der Waals surface area contributed by atoms with E-state index in [1.165, 1.54) is 0 Å². The highest BCUT2D eigenvalue weighted by Crippen LogP contribution is 2.00. The maximum absolute atomic E-state index is 8.26. The number of rotatable bonds is 3. The minimum Gasteiger partial charge on any atom is -0.409 e. The first kappa shape index (κ1) is 8.58. The minimum absolute atomic E-state index is 0.249. The minimum atomic E-state index is 0.249. The number of hydrogen-bond acceptors (Lipinski definition) is 3. The number of oxime groups is 1. The van der Waals surface area contributed by atoms with Crippen LogP contribution in [0.1, 0.15) is 12.0 Å². The monoisotopic (exact) mass is 168 g/mol. The lowest BCUT2D eigenvalue weighted by Crippen LogP contribution is -2.12. The van der Waals surface area contributed by atoms with Crippen LogP contribution >= 0.6 is 0 Å². The summed E-state index contributed by atoms with van der Waals surface area (Å²) in [6.07, 6.45) is 4.99. The standard InChI is InChI=1S/C7H12N4O/c1-11-5-6(4-9-11)2-3-7(8)10-12/h4-5,12H,2-3H2,1H3,(H2,8,10). The SMILES string of the molecule is Cn1cc(CC/C(N)=N/O)cn1. The first-order valence-electron chi connectivity index (χ1n) is 3.66. The molecule has 0 aromatic carbocycles. The summed E-state index contributed by atoms with van der Waals surface area (Å²) in [4.78, 5) is 0. The van der Waals surface area contributed by atoms with Crippen molar-refractivity contribution in [1.29, 1.82) is 0 Å². The van der Waals surface area contributed by atoms with E-state index < -0.39 is 0 Å². The average molecular weight is 168 g/mol. The molecule has 1 heterocycles. The molecule has 0 aliphatic carbocycles. The van der Waals surface area contributed by atoms with Gasteiger partial charge in [0.1, 0.15) is 5.84 Å². The molecule has 0 amide bonds. The third-order valence-corrected chi connectivity index (χ3v) is 1.56. The van der Waals surface area contributed by atoms with E-state index >= 15 is 0 Å². The lowest BCUT2D eigenvalue weighted by atomic mass is 10.2. The number of nitrogens with two attached hydrogens (primary N) is 1. The molecule has 0 spiro atoms. The van der Waals surface area contributed by atoms with Crippen molar-refractivity contribution in [2.75, 3.05) is 0 Å². The zero-order chi connectivity index (χ0) is 8.97. The summed E-state index contributed by atoms with van der Waals surface area (Å²) < 4.78 is 1.72. The van der Waals surface area contributed by atoms with Gasteiger partial charge in [0.05, 0.1) is 6.20 Å². The Morgan fingerprint density at radius 2 is 2.58 bits per heavy atom. The summed E-state index contributed by atoms with van der Waals surface area (Å²) in [5.41, 5.74) is 6.39. The van der Waals surface area contributed by atoms with Gasteiger partial charge in [0, 0.05) is 19.7 Å². The summed E-state index contributed by atoms with van der Waals surface area (Å²) in [5.74, 6) is 0.249. The van der Waals surface area contributed by atoms with E-state index in [9.17, 15) is 0 Å². The molecule has 0 aliphatic rings. The van der Waals surface area contributed by atoms with E-state index in [2.05, 4.69) is 10.3 Å².